The lowest BCUT2D eigenvalue weighted by Gasteiger charge is -2.19. The molecule has 1 aromatic heterocycles. The maximum absolute atomic E-state index is 13.2. The number of nitrogens with zero attached hydrogens (tertiary/aromatic N) is 3. The van der Waals surface area contributed by atoms with Gasteiger partial charge in [0, 0.05) is 25.5 Å². The summed E-state index contributed by atoms with van der Waals surface area (Å²) in [6, 6.07) is 6.75. The highest BCUT2D eigenvalue weighted by Crippen LogP contribution is 2.30. The molecule has 2 aliphatic rings. The Morgan fingerprint density at radius 3 is 2.09 bits per heavy atom. The second kappa shape index (κ2) is 8.93. The zero-order chi connectivity index (χ0) is 25.5. The first-order valence-corrected chi connectivity index (χ1v) is 12.1. The Morgan fingerprint density at radius 2 is 1.57 bits per heavy atom. The zero-order valence-corrected chi connectivity index (χ0v) is 19.3. The summed E-state index contributed by atoms with van der Waals surface area (Å²) in [5.41, 5.74) is -2.62. The van der Waals surface area contributed by atoms with E-state index in [0.29, 0.717) is 28.4 Å². The third-order valence-electron chi connectivity index (χ3n) is 5.79. The summed E-state index contributed by atoms with van der Waals surface area (Å²) in [6.07, 6.45) is -0.412. The lowest BCUT2D eigenvalue weighted by Crippen LogP contribution is -2.37. The van der Waals surface area contributed by atoms with Crippen LogP contribution in [0.1, 0.15) is 40.5 Å². The van der Waals surface area contributed by atoms with Gasteiger partial charge in [0.15, 0.2) is 0 Å². The molecular formula is C23H20F3N3O5S. The Kier molecular flexibility index (Phi) is 6.28. The van der Waals surface area contributed by atoms with Gasteiger partial charge in [-0.05, 0) is 44.0 Å². The fourth-order valence-corrected chi connectivity index (χ4v) is 5.52. The van der Waals surface area contributed by atoms with Crippen LogP contribution in [0.4, 0.5) is 18.9 Å². The average Bonchev–Trinajstić information content (AvgIpc) is 3.43. The maximum Gasteiger partial charge on any atom is 0.416 e. The SMILES string of the molecule is C/C=C(\C=C/n1cc(S(=O)(=O)N2CCCC2)cc(N2C(=O)c3ccccc3C2=O)c1=O)C(F)(F)F. The van der Waals surface area contributed by atoms with Gasteiger partial charge in [0.1, 0.15) is 10.6 Å². The molecule has 1 aromatic carbocycles. The normalized spacial score (nSPS) is 17.6. The molecule has 0 bridgehead atoms. The Bertz CT molecular complexity index is 1400. The molecule has 0 aliphatic carbocycles. The summed E-state index contributed by atoms with van der Waals surface area (Å²) in [6.45, 7) is 1.63. The summed E-state index contributed by atoms with van der Waals surface area (Å²) < 4.78 is 67.7. The molecule has 12 heteroatoms. The minimum Gasteiger partial charge on any atom is -0.288 e. The van der Waals surface area contributed by atoms with Gasteiger partial charge in [-0.2, -0.15) is 17.5 Å². The molecule has 0 atom stereocenters. The van der Waals surface area contributed by atoms with Crippen molar-refractivity contribution in [3.8, 4) is 0 Å². The first-order valence-electron chi connectivity index (χ1n) is 10.6. The number of amides is 2. The number of sulfonamides is 1. The average molecular weight is 507 g/mol. The number of hydrogen-bond donors (Lipinski definition) is 0. The van der Waals surface area contributed by atoms with Crippen LogP contribution in [0, 0.1) is 0 Å². The van der Waals surface area contributed by atoms with Crippen LogP contribution < -0.4 is 10.5 Å². The maximum atomic E-state index is 13.2. The van der Waals surface area contributed by atoms with Crippen LogP contribution >= 0.6 is 0 Å². The smallest absolute Gasteiger partial charge is 0.288 e. The number of carbonyl (C=O) groups is 2. The van der Waals surface area contributed by atoms with Crippen LogP contribution in [0.5, 0.6) is 0 Å². The summed E-state index contributed by atoms with van der Waals surface area (Å²) >= 11 is 0. The highest BCUT2D eigenvalue weighted by Gasteiger charge is 2.39. The molecule has 0 unspecified atom stereocenters. The van der Waals surface area contributed by atoms with E-state index in [2.05, 4.69) is 0 Å². The molecule has 1 saturated heterocycles. The first kappa shape index (κ1) is 24.6. The number of imide groups is 1. The predicted molar refractivity (Wildman–Crippen MR) is 121 cm³/mol. The van der Waals surface area contributed by atoms with Crippen molar-refractivity contribution < 1.29 is 31.2 Å². The zero-order valence-electron chi connectivity index (χ0n) is 18.4. The third-order valence-corrected chi connectivity index (χ3v) is 7.65. The van der Waals surface area contributed by atoms with Crippen LogP contribution in [0.25, 0.3) is 6.20 Å². The number of carbonyl (C=O) groups excluding carboxylic acids is 2. The van der Waals surface area contributed by atoms with Gasteiger partial charge in [-0.25, -0.2) is 13.3 Å². The molecule has 2 aliphatic heterocycles. The van der Waals surface area contributed by atoms with Crippen LogP contribution in [0.3, 0.4) is 0 Å². The van der Waals surface area contributed by atoms with Gasteiger partial charge in [-0.1, -0.05) is 18.2 Å². The van der Waals surface area contributed by atoms with Gasteiger partial charge in [0.25, 0.3) is 17.4 Å². The number of halogens is 3. The largest absolute Gasteiger partial charge is 0.416 e. The summed E-state index contributed by atoms with van der Waals surface area (Å²) in [4.78, 5) is 39.2. The summed E-state index contributed by atoms with van der Waals surface area (Å²) in [5, 5.41) is 0. The van der Waals surface area contributed by atoms with E-state index < -0.39 is 49.7 Å². The molecule has 4 rings (SSSR count). The van der Waals surface area contributed by atoms with Crippen LogP contribution in [0.2, 0.25) is 0 Å². The van der Waals surface area contributed by atoms with Crippen molar-refractivity contribution in [1.29, 1.82) is 0 Å². The molecule has 0 N–H and O–H groups in total. The highest BCUT2D eigenvalue weighted by atomic mass is 32.2. The van der Waals surface area contributed by atoms with E-state index in [0.717, 1.165) is 31.5 Å². The summed E-state index contributed by atoms with van der Waals surface area (Å²) in [5.74, 6) is -1.67. The van der Waals surface area contributed by atoms with E-state index in [1.165, 1.54) is 28.6 Å². The van der Waals surface area contributed by atoms with Crippen molar-refractivity contribution in [2.75, 3.05) is 18.0 Å². The molecule has 0 spiro atoms. The van der Waals surface area contributed by atoms with Crippen LogP contribution in [0.15, 0.2) is 63.9 Å². The second-order valence-electron chi connectivity index (χ2n) is 7.93. The van der Waals surface area contributed by atoms with Crippen molar-refractivity contribution >= 4 is 33.7 Å². The van der Waals surface area contributed by atoms with Gasteiger partial charge >= 0.3 is 6.18 Å². The Labute approximate surface area is 198 Å². The topological polar surface area (TPSA) is 96.8 Å². The second-order valence-corrected chi connectivity index (χ2v) is 9.87. The van der Waals surface area contributed by atoms with Gasteiger partial charge in [-0.3, -0.25) is 19.0 Å². The molecule has 0 radical (unpaired) electrons. The van der Waals surface area contributed by atoms with Gasteiger partial charge in [0.05, 0.1) is 16.7 Å². The number of alkyl halides is 3. The molecule has 1 fully saturated rings. The number of fused-ring (bicyclic) bond motifs is 1. The van der Waals surface area contributed by atoms with Gasteiger partial charge in [-0.15, -0.1) is 0 Å². The Balaban J connectivity index is 1.90. The Morgan fingerprint density at radius 1 is 1.00 bits per heavy atom. The molecule has 0 saturated carbocycles. The molecule has 35 heavy (non-hydrogen) atoms. The predicted octanol–water partition coefficient (Wildman–Crippen LogP) is 3.41. The first-order chi connectivity index (χ1) is 16.5. The van der Waals surface area contributed by atoms with E-state index in [1.54, 1.807) is 0 Å². The number of aromatic nitrogens is 1. The van der Waals surface area contributed by atoms with E-state index >= 15 is 0 Å². The lowest BCUT2D eigenvalue weighted by molar-refractivity contribution is -0.0882. The Hall–Kier alpha value is -3.51. The van der Waals surface area contributed by atoms with E-state index in [4.69, 9.17) is 0 Å². The lowest BCUT2D eigenvalue weighted by atomic mass is 10.1. The molecule has 8 nitrogen and oxygen atoms in total. The number of rotatable bonds is 5. The highest BCUT2D eigenvalue weighted by molar-refractivity contribution is 7.89. The number of allylic oxidation sites excluding steroid dienone is 3. The monoisotopic (exact) mass is 507 g/mol. The fourth-order valence-electron chi connectivity index (χ4n) is 3.97. The van der Waals surface area contributed by atoms with E-state index in [-0.39, 0.29) is 24.2 Å². The minimum atomic E-state index is -4.71. The number of hydrogen-bond acceptors (Lipinski definition) is 5. The van der Waals surface area contributed by atoms with Crippen molar-refractivity contribution in [3.05, 3.63) is 75.7 Å². The molecular weight excluding hydrogens is 487 g/mol. The van der Waals surface area contributed by atoms with Crippen molar-refractivity contribution in [1.82, 2.24) is 8.87 Å². The quantitative estimate of drug-likeness (QED) is 0.457. The van der Waals surface area contributed by atoms with Gasteiger partial charge in [0.2, 0.25) is 10.0 Å². The van der Waals surface area contributed by atoms with E-state index in [1.807, 2.05) is 0 Å². The molecule has 2 aromatic rings. The standard InChI is InChI=1S/C23H20F3N3O5S/c1-2-15(23(24,25)26)9-12-27-14-16(35(33,34)28-10-5-6-11-28)13-19(22(27)32)29-20(30)17-7-3-4-8-18(17)21(29)31/h2-4,7-9,12-14H,5-6,10-11H2,1H3/b12-9-,15-2+. The molecule has 184 valence electrons. The van der Waals surface area contributed by atoms with Crippen molar-refractivity contribution in [2.24, 2.45) is 0 Å². The summed E-state index contributed by atoms with van der Waals surface area (Å²) in [7, 11) is -4.15. The van der Waals surface area contributed by atoms with Gasteiger partial charge < -0.3 is 0 Å². The molecule has 2 amide bonds. The van der Waals surface area contributed by atoms with E-state index in [9.17, 15) is 36.0 Å². The van der Waals surface area contributed by atoms with Crippen molar-refractivity contribution in [3.63, 3.8) is 0 Å². The number of benzene rings is 1. The number of anilines is 1. The van der Waals surface area contributed by atoms with Crippen LogP contribution in [-0.2, 0) is 10.0 Å². The van der Waals surface area contributed by atoms with Crippen LogP contribution in [-0.4, -0.2) is 48.4 Å². The minimum absolute atomic E-state index is 0.0278. The number of pyridine rings is 1. The molecule has 3 heterocycles. The fraction of sp³-hybridized carbons (Fsp3) is 0.261. The third kappa shape index (κ3) is 4.34. The van der Waals surface area contributed by atoms with Crippen molar-refractivity contribution in [2.45, 2.75) is 30.8 Å².